The van der Waals surface area contributed by atoms with Crippen molar-refractivity contribution in [3.05, 3.63) is 66.0 Å². The summed E-state index contributed by atoms with van der Waals surface area (Å²) in [5.41, 5.74) is 8.46. The van der Waals surface area contributed by atoms with Crippen molar-refractivity contribution in [1.29, 1.82) is 0 Å². The molecule has 0 unspecified atom stereocenters. The van der Waals surface area contributed by atoms with Gasteiger partial charge in [-0.2, -0.15) is 0 Å². The number of Topliss-reactive ketones (excluding diaryl/α,β-unsaturated/α-hetero) is 1. The highest BCUT2D eigenvalue weighted by Crippen LogP contribution is 2.15. The fourth-order valence-corrected chi connectivity index (χ4v) is 2.67. The molecule has 0 aromatic carbocycles. The molecule has 0 saturated heterocycles. The SMILES string of the molecule is CN(C)CC#CCOc1cnc(C(=O)Cc2ccnc(CNc3cccnc3N)c2)cn1. The van der Waals surface area contributed by atoms with E-state index >= 15 is 0 Å². The number of aromatic nitrogens is 4. The lowest BCUT2D eigenvalue weighted by Crippen LogP contribution is -2.11. The number of carbonyl (C=O) groups excluding carboxylic acids is 1. The first kappa shape index (κ1) is 22.7. The minimum atomic E-state index is -0.142. The molecule has 0 amide bonds. The molecule has 3 aromatic heterocycles. The molecule has 0 atom stereocenters. The third kappa shape index (κ3) is 7.04. The summed E-state index contributed by atoms with van der Waals surface area (Å²) in [5, 5.41) is 3.19. The number of rotatable bonds is 9. The van der Waals surface area contributed by atoms with Crippen LogP contribution in [0.5, 0.6) is 5.88 Å². The molecule has 32 heavy (non-hydrogen) atoms. The minimum Gasteiger partial charge on any atom is -0.463 e. The number of nitrogens with two attached hydrogens (primary N) is 1. The van der Waals surface area contributed by atoms with Gasteiger partial charge in [0.15, 0.2) is 12.4 Å². The molecule has 0 spiro atoms. The summed E-state index contributed by atoms with van der Waals surface area (Å²) in [7, 11) is 3.89. The molecule has 0 fully saturated rings. The number of ether oxygens (including phenoxy) is 1. The van der Waals surface area contributed by atoms with Crippen LogP contribution in [0.2, 0.25) is 0 Å². The molecule has 9 nitrogen and oxygen atoms in total. The quantitative estimate of drug-likeness (QED) is 0.386. The Kier molecular flexibility index (Phi) is 8.06. The lowest BCUT2D eigenvalue weighted by molar-refractivity contribution is 0.0987. The Morgan fingerprint density at radius 1 is 1.12 bits per heavy atom. The highest BCUT2D eigenvalue weighted by molar-refractivity contribution is 5.95. The van der Waals surface area contributed by atoms with Gasteiger partial charge in [0, 0.05) is 18.8 Å². The Labute approximate surface area is 187 Å². The van der Waals surface area contributed by atoms with Crippen molar-refractivity contribution >= 4 is 17.3 Å². The van der Waals surface area contributed by atoms with Crippen LogP contribution in [0, 0.1) is 11.8 Å². The predicted molar refractivity (Wildman–Crippen MR) is 122 cm³/mol. The fraction of sp³-hybridized carbons (Fsp3) is 0.261. The first-order valence-corrected chi connectivity index (χ1v) is 9.98. The van der Waals surface area contributed by atoms with Crippen molar-refractivity contribution in [2.45, 2.75) is 13.0 Å². The number of hydrogen-bond donors (Lipinski definition) is 2. The lowest BCUT2D eigenvalue weighted by atomic mass is 10.1. The molecule has 164 valence electrons. The monoisotopic (exact) mass is 431 g/mol. The van der Waals surface area contributed by atoms with Gasteiger partial charge in [-0.25, -0.2) is 15.0 Å². The number of nitrogen functional groups attached to an aromatic ring is 1. The molecule has 3 heterocycles. The zero-order valence-electron chi connectivity index (χ0n) is 18.1. The van der Waals surface area contributed by atoms with Crippen LogP contribution in [-0.2, 0) is 13.0 Å². The first-order valence-electron chi connectivity index (χ1n) is 9.98. The van der Waals surface area contributed by atoms with Crippen molar-refractivity contribution < 1.29 is 9.53 Å². The summed E-state index contributed by atoms with van der Waals surface area (Å²) in [6.07, 6.45) is 6.34. The van der Waals surface area contributed by atoms with Gasteiger partial charge in [0.1, 0.15) is 11.5 Å². The first-order chi connectivity index (χ1) is 15.5. The maximum absolute atomic E-state index is 12.6. The summed E-state index contributed by atoms with van der Waals surface area (Å²) >= 11 is 0. The zero-order chi connectivity index (χ0) is 22.8. The van der Waals surface area contributed by atoms with Gasteiger partial charge in [-0.3, -0.25) is 14.7 Å². The molecule has 0 aliphatic carbocycles. The molecule has 3 aromatic rings. The Hall–Kier alpha value is -4.03. The molecule has 3 N–H and O–H groups in total. The highest BCUT2D eigenvalue weighted by atomic mass is 16.5. The number of nitrogens with zero attached hydrogens (tertiary/aromatic N) is 5. The van der Waals surface area contributed by atoms with E-state index in [1.807, 2.05) is 31.1 Å². The number of carbonyl (C=O) groups is 1. The summed E-state index contributed by atoms with van der Waals surface area (Å²) in [6.45, 7) is 1.34. The molecular formula is C23H25N7O2. The van der Waals surface area contributed by atoms with E-state index in [0.29, 0.717) is 24.8 Å². The summed E-state index contributed by atoms with van der Waals surface area (Å²) in [5.74, 6) is 6.47. The average molecular weight is 432 g/mol. The van der Waals surface area contributed by atoms with Gasteiger partial charge in [0.05, 0.1) is 36.9 Å². The zero-order valence-corrected chi connectivity index (χ0v) is 18.1. The van der Waals surface area contributed by atoms with E-state index in [2.05, 4.69) is 37.1 Å². The van der Waals surface area contributed by atoms with E-state index in [1.54, 1.807) is 24.5 Å². The Balaban J connectivity index is 1.53. The predicted octanol–water partition coefficient (Wildman–Crippen LogP) is 1.83. The number of anilines is 2. The molecular weight excluding hydrogens is 406 g/mol. The number of ketones is 1. The number of hydrogen-bond acceptors (Lipinski definition) is 9. The van der Waals surface area contributed by atoms with Gasteiger partial charge in [0.2, 0.25) is 5.88 Å². The average Bonchev–Trinajstić information content (AvgIpc) is 2.79. The van der Waals surface area contributed by atoms with Crippen LogP contribution in [0.3, 0.4) is 0 Å². The molecule has 0 aliphatic rings. The van der Waals surface area contributed by atoms with E-state index in [4.69, 9.17) is 10.5 Å². The lowest BCUT2D eigenvalue weighted by Gasteiger charge is -2.09. The van der Waals surface area contributed by atoms with Gasteiger partial charge in [-0.05, 0) is 43.9 Å². The van der Waals surface area contributed by atoms with Gasteiger partial charge >= 0.3 is 0 Å². The molecule has 0 bridgehead atoms. The van der Waals surface area contributed by atoms with E-state index in [9.17, 15) is 4.79 Å². The van der Waals surface area contributed by atoms with Crippen LogP contribution in [0.25, 0.3) is 0 Å². The molecule has 0 aliphatic heterocycles. The van der Waals surface area contributed by atoms with E-state index in [1.165, 1.54) is 12.4 Å². The van der Waals surface area contributed by atoms with Crippen LogP contribution < -0.4 is 15.8 Å². The van der Waals surface area contributed by atoms with Gasteiger partial charge < -0.3 is 15.8 Å². The van der Waals surface area contributed by atoms with Crippen LogP contribution in [0.1, 0.15) is 21.7 Å². The van der Waals surface area contributed by atoms with E-state index in [0.717, 1.165) is 16.9 Å². The van der Waals surface area contributed by atoms with Crippen molar-refractivity contribution in [3.63, 3.8) is 0 Å². The van der Waals surface area contributed by atoms with E-state index in [-0.39, 0.29) is 24.5 Å². The second-order valence-electron chi connectivity index (χ2n) is 7.17. The maximum Gasteiger partial charge on any atom is 0.233 e. The smallest absolute Gasteiger partial charge is 0.233 e. The summed E-state index contributed by atoms with van der Waals surface area (Å²) in [4.78, 5) is 31.2. The van der Waals surface area contributed by atoms with Crippen LogP contribution in [0.15, 0.2) is 49.1 Å². The molecule has 0 radical (unpaired) electrons. The standard InChI is InChI=1S/C23H25N7O2/c1-30(2)10-3-4-11-32-22-16-28-20(15-29-22)21(31)13-17-7-9-25-18(12-17)14-27-19-6-5-8-26-23(19)24/h5-9,12,15-16,27H,10-11,13-14H2,1-2H3,(H2,24,26). The summed E-state index contributed by atoms with van der Waals surface area (Å²) in [6, 6.07) is 7.32. The van der Waals surface area contributed by atoms with Crippen LogP contribution >= 0.6 is 0 Å². The van der Waals surface area contributed by atoms with Crippen LogP contribution in [0.4, 0.5) is 11.5 Å². The van der Waals surface area contributed by atoms with Crippen LogP contribution in [-0.4, -0.2) is 57.9 Å². The molecule has 3 rings (SSSR count). The Morgan fingerprint density at radius 3 is 2.75 bits per heavy atom. The van der Waals surface area contributed by atoms with Crippen molar-refractivity contribution in [3.8, 4) is 17.7 Å². The maximum atomic E-state index is 12.6. The minimum absolute atomic E-state index is 0.142. The van der Waals surface area contributed by atoms with Gasteiger partial charge in [-0.15, -0.1) is 0 Å². The van der Waals surface area contributed by atoms with Gasteiger partial charge in [-0.1, -0.05) is 11.8 Å². The van der Waals surface area contributed by atoms with Crippen molar-refractivity contribution in [2.75, 3.05) is 38.3 Å². The number of nitrogens with one attached hydrogen (secondary N) is 1. The normalized spacial score (nSPS) is 10.3. The Morgan fingerprint density at radius 2 is 2.00 bits per heavy atom. The second-order valence-corrected chi connectivity index (χ2v) is 7.17. The summed E-state index contributed by atoms with van der Waals surface area (Å²) < 4.78 is 5.42. The second kappa shape index (κ2) is 11.4. The van der Waals surface area contributed by atoms with Gasteiger partial charge in [0.25, 0.3) is 0 Å². The Bertz CT molecular complexity index is 1110. The number of pyridine rings is 2. The van der Waals surface area contributed by atoms with Crippen molar-refractivity contribution in [1.82, 2.24) is 24.8 Å². The third-order valence-electron chi connectivity index (χ3n) is 4.27. The molecule has 9 heteroatoms. The van der Waals surface area contributed by atoms with Crippen molar-refractivity contribution in [2.24, 2.45) is 0 Å². The van der Waals surface area contributed by atoms with E-state index < -0.39 is 0 Å². The third-order valence-corrected chi connectivity index (χ3v) is 4.27. The molecule has 0 saturated carbocycles. The topological polar surface area (TPSA) is 119 Å². The fourth-order valence-electron chi connectivity index (χ4n) is 2.67. The largest absolute Gasteiger partial charge is 0.463 e. The highest BCUT2D eigenvalue weighted by Gasteiger charge is 2.11.